The molecule has 1 amide bonds. The van der Waals surface area contributed by atoms with Crippen LogP contribution in [0.3, 0.4) is 0 Å². The molecule has 0 bridgehead atoms. The average Bonchev–Trinajstić information content (AvgIpc) is 2.45. The molecule has 102 valence electrons. The Balaban J connectivity index is 2.13. The van der Waals surface area contributed by atoms with Crippen molar-refractivity contribution in [2.75, 3.05) is 0 Å². The first kappa shape index (κ1) is 14.7. The van der Waals surface area contributed by atoms with E-state index in [1.54, 1.807) is 6.07 Å². The van der Waals surface area contributed by atoms with Crippen LogP contribution in [0.5, 0.6) is 0 Å². The lowest BCUT2D eigenvalue weighted by atomic mass is 10.1. The molecular formula is C16H15IN2O. The quantitative estimate of drug-likeness (QED) is 0.493. The molecule has 4 heteroatoms. The van der Waals surface area contributed by atoms with E-state index in [-0.39, 0.29) is 5.91 Å². The van der Waals surface area contributed by atoms with Gasteiger partial charge >= 0.3 is 0 Å². The summed E-state index contributed by atoms with van der Waals surface area (Å²) in [4.78, 5) is 12.0. The normalized spacial score (nSPS) is 11.2. The van der Waals surface area contributed by atoms with Crippen LogP contribution in [0.1, 0.15) is 28.4 Å². The van der Waals surface area contributed by atoms with E-state index in [0.717, 1.165) is 20.4 Å². The average molecular weight is 378 g/mol. The molecule has 0 aliphatic carbocycles. The molecule has 2 aromatic carbocycles. The highest BCUT2D eigenvalue weighted by molar-refractivity contribution is 14.1. The second-order valence-corrected chi connectivity index (χ2v) is 5.71. The molecule has 0 spiro atoms. The number of halogens is 1. The van der Waals surface area contributed by atoms with Gasteiger partial charge in [-0.25, -0.2) is 5.43 Å². The number of nitrogens with zero attached hydrogens (tertiary/aromatic N) is 1. The Bertz CT molecular complexity index is 665. The standard InChI is InChI=1S/C16H15IN2O/c1-11-6-3-4-9-15(11)16(20)19-18-12(2)13-7-5-8-14(17)10-13/h3-10H,1-2H3,(H,19,20)/b18-12-. The maximum absolute atomic E-state index is 12.0. The molecule has 0 aliphatic rings. The molecule has 0 aromatic heterocycles. The highest BCUT2D eigenvalue weighted by atomic mass is 127. The summed E-state index contributed by atoms with van der Waals surface area (Å²) in [6, 6.07) is 15.4. The molecule has 0 saturated heterocycles. The third-order valence-corrected chi connectivity index (χ3v) is 3.63. The van der Waals surface area contributed by atoms with E-state index >= 15 is 0 Å². The Morgan fingerprint density at radius 1 is 1.15 bits per heavy atom. The predicted molar refractivity (Wildman–Crippen MR) is 90.0 cm³/mol. The molecule has 2 aromatic rings. The van der Waals surface area contributed by atoms with Crippen molar-refractivity contribution in [2.45, 2.75) is 13.8 Å². The molecular weight excluding hydrogens is 363 g/mol. The van der Waals surface area contributed by atoms with Crippen LogP contribution < -0.4 is 5.43 Å². The van der Waals surface area contributed by atoms with Gasteiger partial charge in [-0.15, -0.1) is 0 Å². The number of carbonyl (C=O) groups is 1. The fraction of sp³-hybridized carbons (Fsp3) is 0.125. The van der Waals surface area contributed by atoms with Crippen LogP contribution in [0.25, 0.3) is 0 Å². The highest BCUT2D eigenvalue weighted by Gasteiger charge is 2.07. The topological polar surface area (TPSA) is 41.5 Å². The van der Waals surface area contributed by atoms with E-state index < -0.39 is 0 Å². The molecule has 0 fully saturated rings. The van der Waals surface area contributed by atoms with Gasteiger partial charge in [0.05, 0.1) is 5.71 Å². The molecule has 0 saturated carbocycles. The first-order chi connectivity index (χ1) is 9.58. The van der Waals surface area contributed by atoms with Crippen LogP contribution in [0, 0.1) is 10.5 Å². The Morgan fingerprint density at radius 2 is 1.90 bits per heavy atom. The Kier molecular flexibility index (Phi) is 4.89. The van der Waals surface area contributed by atoms with Crippen LogP contribution in [0.4, 0.5) is 0 Å². The lowest BCUT2D eigenvalue weighted by Crippen LogP contribution is -2.20. The van der Waals surface area contributed by atoms with E-state index in [4.69, 9.17) is 0 Å². The van der Waals surface area contributed by atoms with Crippen LogP contribution in [-0.2, 0) is 0 Å². The van der Waals surface area contributed by atoms with E-state index in [2.05, 4.69) is 33.1 Å². The molecule has 0 radical (unpaired) electrons. The number of amides is 1. The number of benzene rings is 2. The van der Waals surface area contributed by atoms with Gasteiger partial charge in [0, 0.05) is 9.13 Å². The van der Waals surface area contributed by atoms with Crippen molar-refractivity contribution in [2.24, 2.45) is 5.10 Å². The largest absolute Gasteiger partial charge is 0.271 e. The number of hydrogen-bond acceptors (Lipinski definition) is 2. The first-order valence-electron chi connectivity index (χ1n) is 6.24. The van der Waals surface area contributed by atoms with Gasteiger partial charge in [0.1, 0.15) is 0 Å². The minimum absolute atomic E-state index is 0.187. The van der Waals surface area contributed by atoms with Crippen LogP contribution in [0.15, 0.2) is 53.6 Å². The third-order valence-electron chi connectivity index (χ3n) is 2.96. The molecule has 0 heterocycles. The van der Waals surface area contributed by atoms with Gasteiger partial charge in [-0.3, -0.25) is 4.79 Å². The third kappa shape index (κ3) is 3.66. The summed E-state index contributed by atoms with van der Waals surface area (Å²) in [6.07, 6.45) is 0. The SMILES string of the molecule is C/C(=N/NC(=O)c1ccccc1C)c1cccc(I)c1. The molecule has 0 atom stereocenters. The Labute approximate surface area is 132 Å². The summed E-state index contributed by atoms with van der Waals surface area (Å²) in [5, 5.41) is 4.17. The van der Waals surface area contributed by atoms with Crippen molar-refractivity contribution < 1.29 is 4.79 Å². The smallest absolute Gasteiger partial charge is 0.267 e. The summed E-state index contributed by atoms with van der Waals surface area (Å²) in [7, 11) is 0. The fourth-order valence-electron chi connectivity index (χ4n) is 1.80. The van der Waals surface area contributed by atoms with Crippen molar-refractivity contribution in [3.8, 4) is 0 Å². The number of rotatable bonds is 3. The lowest BCUT2D eigenvalue weighted by molar-refractivity contribution is 0.0954. The maximum Gasteiger partial charge on any atom is 0.271 e. The number of nitrogens with one attached hydrogen (secondary N) is 1. The zero-order valence-electron chi connectivity index (χ0n) is 11.4. The predicted octanol–water partition coefficient (Wildman–Crippen LogP) is 3.75. The van der Waals surface area contributed by atoms with Gasteiger partial charge in [-0.2, -0.15) is 5.10 Å². The number of hydrogen-bond donors (Lipinski definition) is 1. The zero-order chi connectivity index (χ0) is 14.5. The molecule has 20 heavy (non-hydrogen) atoms. The fourth-order valence-corrected chi connectivity index (χ4v) is 2.34. The lowest BCUT2D eigenvalue weighted by Gasteiger charge is -2.05. The van der Waals surface area contributed by atoms with Gasteiger partial charge in [-0.1, -0.05) is 30.3 Å². The molecule has 0 unspecified atom stereocenters. The Hall–Kier alpha value is -1.69. The molecule has 3 nitrogen and oxygen atoms in total. The van der Waals surface area contributed by atoms with Crippen molar-refractivity contribution in [3.63, 3.8) is 0 Å². The number of hydrazone groups is 1. The first-order valence-corrected chi connectivity index (χ1v) is 7.32. The summed E-state index contributed by atoms with van der Waals surface area (Å²) in [5.74, 6) is -0.187. The summed E-state index contributed by atoms with van der Waals surface area (Å²) in [6.45, 7) is 3.79. The second kappa shape index (κ2) is 6.65. The van der Waals surface area contributed by atoms with Crippen molar-refractivity contribution in [1.29, 1.82) is 0 Å². The van der Waals surface area contributed by atoms with Gasteiger partial charge in [0.25, 0.3) is 5.91 Å². The maximum atomic E-state index is 12.0. The molecule has 0 aliphatic heterocycles. The van der Waals surface area contributed by atoms with E-state index in [1.807, 2.05) is 56.3 Å². The van der Waals surface area contributed by atoms with E-state index in [1.165, 1.54) is 0 Å². The van der Waals surface area contributed by atoms with Gasteiger partial charge in [0.2, 0.25) is 0 Å². The van der Waals surface area contributed by atoms with Gasteiger partial charge in [0.15, 0.2) is 0 Å². The second-order valence-electron chi connectivity index (χ2n) is 4.46. The molecule has 1 N–H and O–H groups in total. The van der Waals surface area contributed by atoms with E-state index in [0.29, 0.717) is 5.56 Å². The summed E-state index contributed by atoms with van der Waals surface area (Å²) < 4.78 is 1.14. The Morgan fingerprint density at radius 3 is 2.60 bits per heavy atom. The minimum atomic E-state index is -0.187. The minimum Gasteiger partial charge on any atom is -0.267 e. The van der Waals surface area contributed by atoms with Crippen molar-refractivity contribution in [1.82, 2.24) is 5.43 Å². The van der Waals surface area contributed by atoms with Crippen LogP contribution in [-0.4, -0.2) is 11.6 Å². The number of carbonyl (C=O) groups excluding carboxylic acids is 1. The molecule has 2 rings (SSSR count). The van der Waals surface area contributed by atoms with Gasteiger partial charge < -0.3 is 0 Å². The zero-order valence-corrected chi connectivity index (χ0v) is 13.5. The monoisotopic (exact) mass is 378 g/mol. The van der Waals surface area contributed by atoms with Crippen molar-refractivity contribution >= 4 is 34.2 Å². The summed E-state index contributed by atoms with van der Waals surface area (Å²) in [5.41, 5.74) is 5.97. The number of aryl methyl sites for hydroxylation is 1. The van der Waals surface area contributed by atoms with E-state index in [9.17, 15) is 4.79 Å². The summed E-state index contributed by atoms with van der Waals surface area (Å²) >= 11 is 2.25. The van der Waals surface area contributed by atoms with Gasteiger partial charge in [-0.05, 0) is 65.8 Å². The van der Waals surface area contributed by atoms with Crippen LogP contribution in [0.2, 0.25) is 0 Å². The highest BCUT2D eigenvalue weighted by Crippen LogP contribution is 2.09. The van der Waals surface area contributed by atoms with Crippen molar-refractivity contribution in [3.05, 3.63) is 68.8 Å². The van der Waals surface area contributed by atoms with Crippen LogP contribution >= 0.6 is 22.6 Å².